The van der Waals surface area contributed by atoms with Crippen molar-refractivity contribution >= 4 is 5.91 Å². The van der Waals surface area contributed by atoms with E-state index in [1.54, 1.807) is 11.9 Å². The zero-order chi connectivity index (χ0) is 14.6. The van der Waals surface area contributed by atoms with E-state index in [2.05, 4.69) is 5.32 Å². The number of amides is 1. The quantitative estimate of drug-likeness (QED) is 0.855. The van der Waals surface area contributed by atoms with Gasteiger partial charge in [0, 0.05) is 20.1 Å². The summed E-state index contributed by atoms with van der Waals surface area (Å²) in [5.74, 6) is 0.438. The first-order chi connectivity index (χ1) is 8.86. The first-order valence-corrected chi connectivity index (χ1v) is 6.64. The molecule has 0 saturated heterocycles. The smallest absolute Gasteiger partial charge is 0.239 e. The molecule has 1 amide bonds. The molecule has 106 valence electrons. The van der Waals surface area contributed by atoms with Gasteiger partial charge in [-0.2, -0.15) is 0 Å². The Morgan fingerprint density at radius 1 is 1.37 bits per heavy atom. The highest BCUT2D eigenvalue weighted by Crippen LogP contribution is 2.22. The summed E-state index contributed by atoms with van der Waals surface area (Å²) in [6.07, 6.45) is 0. The topological polar surface area (TPSA) is 52.6 Å². The lowest BCUT2D eigenvalue weighted by atomic mass is 10.1. The minimum Gasteiger partial charge on any atom is -0.507 e. The highest BCUT2D eigenvalue weighted by Gasteiger charge is 2.15. The van der Waals surface area contributed by atoms with Crippen LogP contribution in [0.15, 0.2) is 12.1 Å². The second-order valence-corrected chi connectivity index (χ2v) is 5.03. The molecule has 1 aromatic rings. The number of nitrogens with zero attached hydrogens (tertiary/aromatic N) is 1. The summed E-state index contributed by atoms with van der Waals surface area (Å²) in [4.78, 5) is 13.6. The number of aromatic hydroxyl groups is 1. The van der Waals surface area contributed by atoms with Crippen LogP contribution in [-0.2, 0) is 11.3 Å². The maximum absolute atomic E-state index is 11.9. The summed E-state index contributed by atoms with van der Waals surface area (Å²) >= 11 is 0. The van der Waals surface area contributed by atoms with Crippen molar-refractivity contribution in [3.63, 3.8) is 0 Å². The van der Waals surface area contributed by atoms with Crippen molar-refractivity contribution in [1.29, 1.82) is 0 Å². The maximum atomic E-state index is 11.9. The van der Waals surface area contributed by atoms with Crippen molar-refractivity contribution < 1.29 is 9.90 Å². The average Bonchev–Trinajstić information content (AvgIpc) is 2.40. The van der Waals surface area contributed by atoms with Crippen molar-refractivity contribution in [3.8, 4) is 5.75 Å². The summed E-state index contributed by atoms with van der Waals surface area (Å²) in [6, 6.07) is 3.67. The number of carbonyl (C=O) groups excluding carboxylic acids is 1. The number of carbonyl (C=O) groups is 1. The Balaban J connectivity index is 2.65. The number of nitrogens with one attached hydrogen (secondary N) is 1. The van der Waals surface area contributed by atoms with Gasteiger partial charge in [-0.25, -0.2) is 0 Å². The lowest BCUT2D eigenvalue weighted by molar-refractivity contribution is -0.131. The van der Waals surface area contributed by atoms with E-state index < -0.39 is 0 Å². The first kappa shape index (κ1) is 15.5. The fraction of sp³-hybridized carbons (Fsp3) is 0.533. The third-order valence-corrected chi connectivity index (χ3v) is 3.38. The van der Waals surface area contributed by atoms with Crippen molar-refractivity contribution in [1.82, 2.24) is 10.2 Å². The van der Waals surface area contributed by atoms with Gasteiger partial charge in [-0.05, 0) is 44.4 Å². The molecule has 1 unspecified atom stereocenters. The van der Waals surface area contributed by atoms with E-state index in [0.29, 0.717) is 18.8 Å². The lowest BCUT2D eigenvalue weighted by Crippen LogP contribution is -2.42. The van der Waals surface area contributed by atoms with Crippen LogP contribution in [0.2, 0.25) is 0 Å². The molecule has 0 bridgehead atoms. The molecule has 4 heteroatoms. The molecule has 0 fully saturated rings. The number of phenols is 1. The Kier molecular flexibility index (Phi) is 5.36. The van der Waals surface area contributed by atoms with E-state index >= 15 is 0 Å². The lowest BCUT2D eigenvalue weighted by Gasteiger charge is -2.21. The zero-order valence-corrected chi connectivity index (χ0v) is 12.4. The highest BCUT2D eigenvalue weighted by atomic mass is 16.3. The fourth-order valence-corrected chi connectivity index (χ4v) is 1.99. The average molecular weight is 264 g/mol. The molecule has 0 aliphatic carbocycles. The standard InChI is InChI=1S/C15H24N2O2/c1-6-17(5)15(19)12(4)16-9-13-7-10(2)14(18)11(3)8-13/h7-8,12,16,18H,6,9H2,1-5H3. The Bertz CT molecular complexity index is 434. The summed E-state index contributed by atoms with van der Waals surface area (Å²) in [7, 11) is 1.80. The minimum atomic E-state index is -0.209. The molecule has 2 N–H and O–H groups in total. The Labute approximate surface area is 115 Å². The Morgan fingerprint density at radius 3 is 2.37 bits per heavy atom. The molecular weight excluding hydrogens is 240 g/mol. The van der Waals surface area contributed by atoms with Gasteiger partial charge >= 0.3 is 0 Å². The molecule has 1 atom stereocenters. The van der Waals surface area contributed by atoms with Gasteiger partial charge in [-0.1, -0.05) is 12.1 Å². The van der Waals surface area contributed by atoms with Crippen LogP contribution < -0.4 is 5.32 Å². The van der Waals surface area contributed by atoms with Gasteiger partial charge in [0.2, 0.25) is 5.91 Å². The molecule has 0 radical (unpaired) electrons. The van der Waals surface area contributed by atoms with Crippen molar-refractivity contribution in [3.05, 3.63) is 28.8 Å². The molecule has 19 heavy (non-hydrogen) atoms. The van der Waals surface area contributed by atoms with E-state index in [4.69, 9.17) is 0 Å². The maximum Gasteiger partial charge on any atom is 0.239 e. The monoisotopic (exact) mass is 264 g/mol. The van der Waals surface area contributed by atoms with E-state index in [9.17, 15) is 9.90 Å². The van der Waals surface area contributed by atoms with Crippen LogP contribution in [0.25, 0.3) is 0 Å². The number of rotatable bonds is 5. The third-order valence-electron chi connectivity index (χ3n) is 3.38. The second-order valence-electron chi connectivity index (χ2n) is 5.03. The Morgan fingerprint density at radius 2 is 1.89 bits per heavy atom. The molecule has 0 spiro atoms. The normalized spacial score (nSPS) is 12.3. The molecule has 0 saturated carbocycles. The van der Waals surface area contributed by atoms with Crippen molar-refractivity contribution in [2.45, 2.75) is 40.3 Å². The van der Waals surface area contributed by atoms with Crippen LogP contribution in [0, 0.1) is 13.8 Å². The first-order valence-electron chi connectivity index (χ1n) is 6.64. The van der Waals surface area contributed by atoms with Gasteiger partial charge in [-0.15, -0.1) is 0 Å². The van der Waals surface area contributed by atoms with Crippen LogP contribution >= 0.6 is 0 Å². The molecule has 4 nitrogen and oxygen atoms in total. The summed E-state index contributed by atoms with van der Waals surface area (Å²) in [6.45, 7) is 8.91. The third kappa shape index (κ3) is 3.96. The molecule has 1 rings (SSSR count). The number of hydrogen-bond donors (Lipinski definition) is 2. The SMILES string of the molecule is CCN(C)C(=O)C(C)NCc1cc(C)c(O)c(C)c1. The molecule has 0 heterocycles. The summed E-state index contributed by atoms with van der Waals surface area (Å²) in [5, 5.41) is 12.9. The number of likely N-dealkylation sites (N-methyl/N-ethyl adjacent to an activating group) is 1. The van der Waals surface area contributed by atoms with Gasteiger partial charge in [0.05, 0.1) is 6.04 Å². The van der Waals surface area contributed by atoms with Gasteiger partial charge in [0.25, 0.3) is 0 Å². The van der Waals surface area contributed by atoms with Gasteiger partial charge in [-0.3, -0.25) is 4.79 Å². The molecule has 0 aliphatic rings. The van der Waals surface area contributed by atoms with Crippen molar-refractivity contribution in [2.24, 2.45) is 0 Å². The Hall–Kier alpha value is -1.55. The van der Waals surface area contributed by atoms with E-state index in [1.165, 1.54) is 0 Å². The predicted octanol–water partition coefficient (Wildman–Crippen LogP) is 1.97. The summed E-state index contributed by atoms with van der Waals surface area (Å²) in [5.41, 5.74) is 2.80. The fourth-order valence-electron chi connectivity index (χ4n) is 1.99. The number of benzene rings is 1. The van der Waals surface area contributed by atoms with Crippen LogP contribution in [-0.4, -0.2) is 35.5 Å². The zero-order valence-electron chi connectivity index (χ0n) is 12.4. The highest BCUT2D eigenvalue weighted by molar-refractivity contribution is 5.81. The van der Waals surface area contributed by atoms with Gasteiger partial charge < -0.3 is 15.3 Å². The number of phenolic OH excluding ortho intramolecular Hbond substituents is 1. The van der Waals surface area contributed by atoms with E-state index in [0.717, 1.165) is 16.7 Å². The molecule has 1 aromatic carbocycles. The second kappa shape index (κ2) is 6.57. The minimum absolute atomic E-state index is 0.0923. The largest absolute Gasteiger partial charge is 0.507 e. The van der Waals surface area contributed by atoms with E-state index in [1.807, 2.05) is 39.8 Å². The van der Waals surface area contributed by atoms with Crippen LogP contribution in [0.3, 0.4) is 0 Å². The van der Waals surface area contributed by atoms with Crippen LogP contribution in [0.5, 0.6) is 5.75 Å². The van der Waals surface area contributed by atoms with Crippen molar-refractivity contribution in [2.75, 3.05) is 13.6 Å². The number of hydrogen-bond acceptors (Lipinski definition) is 3. The van der Waals surface area contributed by atoms with Crippen LogP contribution in [0.1, 0.15) is 30.5 Å². The van der Waals surface area contributed by atoms with E-state index in [-0.39, 0.29) is 11.9 Å². The number of aryl methyl sites for hydroxylation is 2. The van der Waals surface area contributed by atoms with Gasteiger partial charge in [0.1, 0.15) is 5.75 Å². The van der Waals surface area contributed by atoms with Crippen LogP contribution in [0.4, 0.5) is 0 Å². The molecule has 0 aliphatic heterocycles. The molecule has 0 aromatic heterocycles. The predicted molar refractivity (Wildman–Crippen MR) is 77.2 cm³/mol. The van der Waals surface area contributed by atoms with Gasteiger partial charge in [0.15, 0.2) is 0 Å². The summed E-state index contributed by atoms with van der Waals surface area (Å²) < 4.78 is 0. The molecular formula is C15H24N2O2.